The Morgan fingerprint density at radius 3 is 1.50 bits per heavy atom. The van der Waals surface area contributed by atoms with Crippen molar-refractivity contribution in [1.82, 2.24) is 0 Å². The summed E-state index contributed by atoms with van der Waals surface area (Å²) in [6.07, 6.45) is 0. The van der Waals surface area contributed by atoms with Crippen molar-refractivity contribution in [3.63, 3.8) is 0 Å². The van der Waals surface area contributed by atoms with Crippen LogP contribution >= 0.6 is 70.2 Å². The van der Waals surface area contributed by atoms with Gasteiger partial charge in [0.25, 0.3) is 0 Å². The second-order valence-electron chi connectivity index (χ2n) is 0.875. The van der Waals surface area contributed by atoms with E-state index in [1.165, 1.54) is 0 Å². The zero-order valence-corrected chi connectivity index (χ0v) is 9.09. The van der Waals surface area contributed by atoms with Gasteiger partial charge in [-0.15, -0.1) is 0 Å². The zero-order chi connectivity index (χ0) is 6.78. The number of alkyl halides is 2. The van der Waals surface area contributed by atoms with Crippen LogP contribution in [0, 0.1) is 0 Å². The van der Waals surface area contributed by atoms with Crippen molar-refractivity contribution in [1.29, 1.82) is 0 Å². The van der Waals surface area contributed by atoms with E-state index in [1.54, 1.807) is 0 Å². The number of halogens is 5. The third kappa shape index (κ3) is 8.31. The second kappa shape index (κ2) is 4.24. The van der Waals surface area contributed by atoms with Crippen LogP contribution in [0.3, 0.4) is 0 Å². The van der Waals surface area contributed by atoms with Gasteiger partial charge in [-0.2, -0.15) is 0 Å². The lowest BCUT2D eigenvalue weighted by molar-refractivity contribution is 2.00. The lowest BCUT2D eigenvalue weighted by atomic mass is 11.9. The van der Waals surface area contributed by atoms with Gasteiger partial charge in [-0.1, -0.05) is 23.2 Å². The minimum Gasteiger partial charge on any atom is -0.0963 e. The number of hydrogen-bond acceptors (Lipinski definition) is 0. The molecule has 0 aliphatic rings. The Bertz CT molecular complexity index is 65.3. The summed E-state index contributed by atoms with van der Waals surface area (Å²) < 4.78 is -0.532. The molecular weight excluding hydrogens is 251 g/mol. The highest BCUT2D eigenvalue weighted by atomic mass is 36.1. The lowest BCUT2D eigenvalue weighted by Crippen LogP contribution is -1.65. The van der Waals surface area contributed by atoms with E-state index in [9.17, 15) is 0 Å². The van der Waals surface area contributed by atoms with E-state index in [2.05, 4.69) is 0 Å². The maximum Gasteiger partial charge on any atom is 0.323 e. The van der Waals surface area contributed by atoms with Crippen molar-refractivity contribution in [3.05, 3.63) is 0 Å². The smallest absolute Gasteiger partial charge is 0.0963 e. The molecule has 0 aromatic heterocycles. The van der Waals surface area contributed by atoms with Crippen LogP contribution < -0.4 is 0 Å². The molecule has 0 rings (SSSR count). The molecule has 8 heavy (non-hydrogen) atoms. The Hall–Kier alpha value is 2.31. The molecule has 0 saturated carbocycles. The number of hydrogen-bond donors (Lipinski definition) is 0. The van der Waals surface area contributed by atoms with Crippen LogP contribution in [-0.4, -0.2) is 4.58 Å². The van der Waals surface area contributed by atoms with E-state index >= 15 is 0 Å². The van der Waals surface area contributed by atoms with E-state index in [0.29, 0.717) is 0 Å². The molecule has 0 amide bonds. The van der Waals surface area contributed by atoms with Gasteiger partial charge in [-0.3, -0.25) is 0 Å². The van der Waals surface area contributed by atoms with Gasteiger partial charge in [0.1, 0.15) is 42.0 Å². The molecule has 0 N–H and O–H groups in total. The lowest BCUT2D eigenvalue weighted by Gasteiger charge is -1.97. The van der Waals surface area contributed by atoms with Crippen molar-refractivity contribution >= 4 is 70.2 Å². The van der Waals surface area contributed by atoms with E-state index in [4.69, 9.17) is 56.9 Å². The molecule has 0 aliphatic heterocycles. The first-order valence-corrected chi connectivity index (χ1v) is 8.75. The van der Waals surface area contributed by atoms with Gasteiger partial charge in [0.2, 0.25) is 0 Å². The number of rotatable bonds is 2. The topological polar surface area (TPSA) is 0 Å². The molecule has 7 heteroatoms. The monoisotopic (exact) mass is 251 g/mol. The highest BCUT2D eigenvalue weighted by molar-refractivity contribution is 8.65. The minimum absolute atomic E-state index is 0.0363. The fourth-order valence-corrected chi connectivity index (χ4v) is 8.96. The van der Waals surface area contributed by atoms with Gasteiger partial charge in [0.05, 0.1) is 0 Å². The maximum absolute atomic E-state index is 5.41. The molecule has 0 aromatic carbocycles. The highest BCUT2D eigenvalue weighted by Gasteiger charge is 2.35. The Morgan fingerprint density at radius 2 is 1.50 bits per heavy atom. The summed E-state index contributed by atoms with van der Waals surface area (Å²) in [5, 5.41) is -2.29. The zero-order valence-electron chi connectivity index (χ0n) is 3.41. The maximum atomic E-state index is 5.41. The first-order valence-electron chi connectivity index (χ1n) is 1.46. The molecule has 0 spiro atoms. The fourth-order valence-electron chi connectivity index (χ4n) is 0.111. The van der Waals surface area contributed by atoms with Crippen molar-refractivity contribution in [2.45, 2.75) is 4.58 Å². The molecule has 50 valence electrons. The minimum atomic E-state index is -2.29. The molecule has 0 fully saturated rings. The average molecular weight is 253 g/mol. The van der Waals surface area contributed by atoms with Gasteiger partial charge >= 0.3 is 5.01 Å². The van der Waals surface area contributed by atoms with Crippen LogP contribution in [0.2, 0.25) is 0 Å². The van der Waals surface area contributed by atoms with Crippen molar-refractivity contribution in [2.75, 3.05) is 0 Å². The van der Waals surface area contributed by atoms with Crippen LogP contribution in [0.15, 0.2) is 0 Å². The van der Waals surface area contributed by atoms with Crippen LogP contribution in [0.25, 0.3) is 0 Å². The quantitative estimate of drug-likeness (QED) is 0.489. The normalized spacial score (nSPS) is 14.2. The first-order chi connectivity index (χ1) is 3.42. The fraction of sp³-hybridized carbons (Fsp3) is 1.00. The molecule has 0 aromatic rings. The van der Waals surface area contributed by atoms with E-state index in [1.807, 2.05) is 0 Å². The van der Waals surface area contributed by atoms with E-state index in [-0.39, 0.29) is 8.27 Å². The molecular formula is CH2Cl5P2+. The summed E-state index contributed by atoms with van der Waals surface area (Å²) in [4.78, 5) is 0. The average Bonchev–Trinajstić information content (AvgIpc) is 1.21. The summed E-state index contributed by atoms with van der Waals surface area (Å²) in [6, 6.07) is 0. The van der Waals surface area contributed by atoms with E-state index in [0.717, 1.165) is 0 Å². The molecule has 0 saturated heterocycles. The Labute approximate surface area is 74.5 Å². The molecule has 0 aliphatic carbocycles. The molecule has 1 atom stereocenters. The highest BCUT2D eigenvalue weighted by Crippen LogP contribution is 2.88. The molecule has 0 nitrogen and oxygen atoms in total. The van der Waals surface area contributed by atoms with Gasteiger partial charge in [0, 0.05) is 0 Å². The molecule has 0 heterocycles. The van der Waals surface area contributed by atoms with E-state index < -0.39 is 9.59 Å². The predicted octanol–water partition coefficient (Wildman–Crippen LogP) is 4.82. The summed E-state index contributed by atoms with van der Waals surface area (Å²) in [5.74, 6) is 0. The second-order valence-corrected chi connectivity index (χ2v) is 15.9. The Morgan fingerprint density at radius 1 is 1.12 bits per heavy atom. The molecule has 1 unspecified atom stereocenters. The third-order valence-electron chi connectivity index (χ3n) is 0.244. The summed E-state index contributed by atoms with van der Waals surface area (Å²) >= 11 is 26.9. The first kappa shape index (κ1) is 10.3. The Kier molecular flexibility index (Phi) is 5.47. The Balaban J connectivity index is 3.39. The third-order valence-corrected chi connectivity index (χ3v) is 6.59. The summed E-state index contributed by atoms with van der Waals surface area (Å²) in [7, 11) is 0.0363. The van der Waals surface area contributed by atoms with Gasteiger partial charge in [-0.25, -0.2) is 0 Å². The SMILES string of the molecule is ClC(Cl)P[P+](Cl)(Cl)Cl. The predicted molar refractivity (Wildman–Crippen MR) is 48.3 cm³/mol. The van der Waals surface area contributed by atoms with Crippen molar-refractivity contribution < 1.29 is 0 Å². The van der Waals surface area contributed by atoms with Crippen LogP contribution in [0.5, 0.6) is 0 Å². The van der Waals surface area contributed by atoms with Crippen LogP contribution in [0.4, 0.5) is 0 Å². The largest absolute Gasteiger partial charge is 0.323 e. The van der Waals surface area contributed by atoms with Crippen LogP contribution in [0.1, 0.15) is 0 Å². The molecule has 0 radical (unpaired) electrons. The molecule has 0 bridgehead atoms. The van der Waals surface area contributed by atoms with Crippen molar-refractivity contribution in [2.24, 2.45) is 0 Å². The van der Waals surface area contributed by atoms with Gasteiger partial charge in [0.15, 0.2) is 4.58 Å². The van der Waals surface area contributed by atoms with Crippen LogP contribution in [-0.2, 0) is 0 Å². The van der Waals surface area contributed by atoms with Crippen molar-refractivity contribution in [3.8, 4) is 0 Å². The van der Waals surface area contributed by atoms with Gasteiger partial charge < -0.3 is 0 Å². The summed E-state index contributed by atoms with van der Waals surface area (Å²) in [6.45, 7) is 0. The summed E-state index contributed by atoms with van der Waals surface area (Å²) in [5.41, 5.74) is 0. The van der Waals surface area contributed by atoms with Gasteiger partial charge in [-0.05, 0) is 0 Å². The standard InChI is InChI=1S/CH2Cl5P2/c2-1(3)7-8(4,5)6/h1,7H/q+1.